The van der Waals surface area contributed by atoms with E-state index in [4.69, 9.17) is 0 Å². The number of aromatic nitrogens is 2. The van der Waals surface area contributed by atoms with Crippen LogP contribution in [-0.2, 0) is 6.54 Å². The van der Waals surface area contributed by atoms with Gasteiger partial charge in [-0.15, -0.1) is 0 Å². The standard InChI is InChI=1S/C17H24N4/c1-5-15-14(10-20-17(15)19-8-1)12-21-9-3-4-13(11-21)16-6-2-7-18-16/h1,5,8,10,13,16,18H,2-4,6-7,9,11-12H2,(H,19,20). The van der Waals surface area contributed by atoms with Crippen LogP contribution in [0.1, 0.15) is 31.2 Å². The molecule has 2 aliphatic rings. The maximum Gasteiger partial charge on any atom is 0.137 e. The van der Waals surface area contributed by atoms with Crippen LogP contribution in [0.3, 0.4) is 0 Å². The summed E-state index contributed by atoms with van der Waals surface area (Å²) in [5.74, 6) is 0.838. The van der Waals surface area contributed by atoms with Crippen LogP contribution in [0.15, 0.2) is 24.5 Å². The van der Waals surface area contributed by atoms with E-state index in [-0.39, 0.29) is 0 Å². The van der Waals surface area contributed by atoms with Gasteiger partial charge in [-0.05, 0) is 62.4 Å². The average Bonchev–Trinajstić information content (AvgIpc) is 3.18. The molecular formula is C17H24N4. The molecule has 2 N–H and O–H groups in total. The molecule has 2 aromatic rings. The first-order valence-electron chi connectivity index (χ1n) is 8.27. The van der Waals surface area contributed by atoms with Crippen molar-refractivity contribution in [3.63, 3.8) is 0 Å². The Bertz CT molecular complexity index is 600. The van der Waals surface area contributed by atoms with Crippen LogP contribution in [0.5, 0.6) is 0 Å². The summed E-state index contributed by atoms with van der Waals surface area (Å²) in [6.07, 6.45) is 9.44. The van der Waals surface area contributed by atoms with Gasteiger partial charge in [-0.3, -0.25) is 4.90 Å². The van der Waals surface area contributed by atoms with E-state index in [1.807, 2.05) is 12.3 Å². The predicted octanol–water partition coefficient (Wildman–Crippen LogP) is 2.53. The fourth-order valence-corrected chi connectivity index (χ4v) is 4.06. The summed E-state index contributed by atoms with van der Waals surface area (Å²) in [7, 11) is 0. The summed E-state index contributed by atoms with van der Waals surface area (Å²) in [5.41, 5.74) is 2.40. The van der Waals surface area contributed by atoms with E-state index in [1.165, 1.54) is 56.3 Å². The topological polar surface area (TPSA) is 44.0 Å². The van der Waals surface area contributed by atoms with Crippen molar-refractivity contribution in [3.8, 4) is 0 Å². The molecule has 2 fully saturated rings. The maximum atomic E-state index is 4.39. The fraction of sp³-hybridized carbons (Fsp3) is 0.588. The zero-order valence-corrected chi connectivity index (χ0v) is 12.5. The minimum atomic E-state index is 0.762. The molecular weight excluding hydrogens is 260 g/mol. The molecule has 0 aliphatic carbocycles. The fourth-order valence-electron chi connectivity index (χ4n) is 4.06. The first-order valence-corrected chi connectivity index (χ1v) is 8.27. The second-order valence-electron chi connectivity index (χ2n) is 6.55. The molecule has 2 saturated heterocycles. The number of aromatic amines is 1. The number of hydrogen-bond acceptors (Lipinski definition) is 3. The number of nitrogens with one attached hydrogen (secondary N) is 2. The van der Waals surface area contributed by atoms with E-state index < -0.39 is 0 Å². The monoisotopic (exact) mass is 284 g/mol. The summed E-state index contributed by atoms with van der Waals surface area (Å²) < 4.78 is 0. The highest BCUT2D eigenvalue weighted by Gasteiger charge is 2.29. The minimum Gasteiger partial charge on any atom is -0.346 e. The zero-order chi connectivity index (χ0) is 14.1. The molecule has 0 bridgehead atoms. The van der Waals surface area contributed by atoms with Crippen molar-refractivity contribution >= 4 is 11.0 Å². The Morgan fingerprint density at radius 3 is 3.19 bits per heavy atom. The smallest absolute Gasteiger partial charge is 0.137 e. The van der Waals surface area contributed by atoms with Crippen molar-refractivity contribution in [2.75, 3.05) is 19.6 Å². The van der Waals surface area contributed by atoms with Crippen molar-refractivity contribution in [3.05, 3.63) is 30.1 Å². The molecule has 2 aromatic heterocycles. The molecule has 4 heterocycles. The molecule has 4 rings (SSSR count). The molecule has 2 atom stereocenters. The molecule has 0 radical (unpaired) electrons. The number of fused-ring (bicyclic) bond motifs is 1. The van der Waals surface area contributed by atoms with Gasteiger partial charge in [0.15, 0.2) is 0 Å². The summed E-state index contributed by atoms with van der Waals surface area (Å²) in [6, 6.07) is 4.97. The molecule has 21 heavy (non-hydrogen) atoms. The SMILES string of the molecule is c1cnc2[nH]cc(CN3CCCC(C4CCCN4)C3)c2c1. The normalized spacial score (nSPS) is 27.4. The van der Waals surface area contributed by atoms with Gasteiger partial charge in [0.2, 0.25) is 0 Å². The van der Waals surface area contributed by atoms with Gasteiger partial charge in [0.1, 0.15) is 5.65 Å². The van der Waals surface area contributed by atoms with Gasteiger partial charge in [0.25, 0.3) is 0 Å². The average molecular weight is 284 g/mol. The van der Waals surface area contributed by atoms with Crippen LogP contribution in [0.4, 0.5) is 0 Å². The van der Waals surface area contributed by atoms with E-state index >= 15 is 0 Å². The Morgan fingerprint density at radius 1 is 1.29 bits per heavy atom. The highest BCUT2D eigenvalue weighted by molar-refractivity contribution is 5.79. The number of rotatable bonds is 3. The van der Waals surface area contributed by atoms with Crippen LogP contribution in [0.2, 0.25) is 0 Å². The van der Waals surface area contributed by atoms with Crippen LogP contribution in [0.25, 0.3) is 11.0 Å². The number of pyridine rings is 1. The van der Waals surface area contributed by atoms with Crippen molar-refractivity contribution in [1.29, 1.82) is 0 Å². The lowest BCUT2D eigenvalue weighted by atomic mass is 9.89. The third kappa shape index (κ3) is 2.70. The van der Waals surface area contributed by atoms with Gasteiger partial charge >= 0.3 is 0 Å². The first-order chi connectivity index (χ1) is 10.4. The lowest BCUT2D eigenvalue weighted by molar-refractivity contribution is 0.146. The highest BCUT2D eigenvalue weighted by Crippen LogP contribution is 2.26. The van der Waals surface area contributed by atoms with E-state index in [0.29, 0.717) is 0 Å². The van der Waals surface area contributed by atoms with Gasteiger partial charge in [-0.1, -0.05) is 0 Å². The van der Waals surface area contributed by atoms with Gasteiger partial charge in [-0.25, -0.2) is 4.98 Å². The van der Waals surface area contributed by atoms with Gasteiger partial charge in [0, 0.05) is 36.9 Å². The number of likely N-dealkylation sites (tertiary alicyclic amines) is 1. The molecule has 0 aromatic carbocycles. The van der Waals surface area contributed by atoms with Gasteiger partial charge in [0.05, 0.1) is 0 Å². The van der Waals surface area contributed by atoms with E-state index in [0.717, 1.165) is 24.2 Å². The molecule has 0 amide bonds. The summed E-state index contributed by atoms with van der Waals surface area (Å²) in [5, 5.41) is 4.97. The van der Waals surface area contributed by atoms with Crippen LogP contribution in [0, 0.1) is 5.92 Å². The molecule has 4 nitrogen and oxygen atoms in total. The molecule has 0 spiro atoms. The van der Waals surface area contributed by atoms with Crippen molar-refractivity contribution in [2.45, 2.75) is 38.3 Å². The third-order valence-electron chi connectivity index (χ3n) is 5.14. The molecule has 0 saturated carbocycles. The van der Waals surface area contributed by atoms with Crippen molar-refractivity contribution < 1.29 is 0 Å². The Balaban J connectivity index is 1.46. The zero-order valence-electron chi connectivity index (χ0n) is 12.5. The third-order valence-corrected chi connectivity index (χ3v) is 5.14. The summed E-state index contributed by atoms with van der Waals surface area (Å²) in [6.45, 7) is 4.74. The van der Waals surface area contributed by atoms with E-state index in [2.05, 4.69) is 32.4 Å². The number of piperidine rings is 1. The lowest BCUT2D eigenvalue weighted by Gasteiger charge is -2.35. The van der Waals surface area contributed by atoms with Crippen LogP contribution < -0.4 is 5.32 Å². The largest absolute Gasteiger partial charge is 0.346 e. The first kappa shape index (κ1) is 13.3. The van der Waals surface area contributed by atoms with E-state index in [9.17, 15) is 0 Å². The maximum absolute atomic E-state index is 4.39. The number of nitrogens with zero attached hydrogens (tertiary/aromatic N) is 2. The Hall–Kier alpha value is -1.39. The van der Waals surface area contributed by atoms with Crippen molar-refractivity contribution in [2.24, 2.45) is 5.92 Å². The molecule has 2 aliphatic heterocycles. The molecule has 4 heteroatoms. The van der Waals surface area contributed by atoms with Gasteiger partial charge < -0.3 is 10.3 Å². The summed E-state index contributed by atoms with van der Waals surface area (Å²) in [4.78, 5) is 10.3. The second kappa shape index (κ2) is 5.78. The highest BCUT2D eigenvalue weighted by atomic mass is 15.1. The van der Waals surface area contributed by atoms with Crippen LogP contribution in [-0.4, -0.2) is 40.5 Å². The quantitative estimate of drug-likeness (QED) is 0.910. The predicted molar refractivity (Wildman–Crippen MR) is 85.1 cm³/mol. The number of H-pyrrole nitrogens is 1. The second-order valence-corrected chi connectivity index (χ2v) is 6.55. The van der Waals surface area contributed by atoms with Gasteiger partial charge in [-0.2, -0.15) is 0 Å². The van der Waals surface area contributed by atoms with E-state index in [1.54, 1.807) is 0 Å². The Morgan fingerprint density at radius 2 is 2.29 bits per heavy atom. The molecule has 2 unspecified atom stereocenters. The summed E-state index contributed by atoms with van der Waals surface area (Å²) >= 11 is 0. The Kier molecular flexibility index (Phi) is 3.65. The van der Waals surface area contributed by atoms with Crippen LogP contribution >= 0.6 is 0 Å². The van der Waals surface area contributed by atoms with Crippen molar-refractivity contribution in [1.82, 2.24) is 20.2 Å². The number of hydrogen-bond donors (Lipinski definition) is 2. The minimum absolute atomic E-state index is 0.762. The Labute approximate surface area is 125 Å². The lowest BCUT2D eigenvalue weighted by Crippen LogP contribution is -2.43. The molecule has 112 valence electrons.